The second-order valence-corrected chi connectivity index (χ2v) is 4.81. The van der Waals surface area contributed by atoms with Crippen LogP contribution in [-0.4, -0.2) is 28.1 Å². The number of aromatic nitrogens is 2. The first kappa shape index (κ1) is 16.0. The third kappa shape index (κ3) is 3.82. The molecular formula is C14H14ClN3O4. The smallest absolute Gasteiger partial charge is 0.342 e. The predicted octanol–water partition coefficient (Wildman–Crippen LogP) is 2.61. The van der Waals surface area contributed by atoms with Gasteiger partial charge in [-0.25, -0.2) is 9.78 Å². The SMILES string of the molecule is CCC(OC(=O)c1cccnc1Cl)C(=O)Nc1cc(C)on1. The Morgan fingerprint density at radius 2 is 2.27 bits per heavy atom. The van der Waals surface area contributed by atoms with Crippen LogP contribution in [0.15, 0.2) is 28.9 Å². The van der Waals surface area contributed by atoms with E-state index in [0.29, 0.717) is 12.2 Å². The quantitative estimate of drug-likeness (QED) is 0.671. The van der Waals surface area contributed by atoms with Gasteiger partial charge in [-0.1, -0.05) is 23.7 Å². The van der Waals surface area contributed by atoms with Crippen molar-refractivity contribution in [3.63, 3.8) is 0 Å². The molecule has 22 heavy (non-hydrogen) atoms. The maximum atomic E-state index is 12.1. The van der Waals surface area contributed by atoms with Crippen LogP contribution >= 0.6 is 11.6 Å². The fraction of sp³-hybridized carbons (Fsp3) is 0.286. The average Bonchev–Trinajstić information content (AvgIpc) is 2.90. The predicted molar refractivity (Wildman–Crippen MR) is 78.6 cm³/mol. The number of amides is 1. The van der Waals surface area contributed by atoms with Crippen molar-refractivity contribution in [2.75, 3.05) is 5.32 Å². The fourth-order valence-corrected chi connectivity index (χ4v) is 1.88. The van der Waals surface area contributed by atoms with Crippen molar-refractivity contribution in [3.05, 3.63) is 40.9 Å². The lowest BCUT2D eigenvalue weighted by atomic mass is 10.2. The Kier molecular flexibility index (Phi) is 5.11. The summed E-state index contributed by atoms with van der Waals surface area (Å²) in [6.45, 7) is 3.42. The van der Waals surface area contributed by atoms with E-state index < -0.39 is 18.0 Å². The van der Waals surface area contributed by atoms with Gasteiger partial charge in [0.15, 0.2) is 11.9 Å². The second-order valence-electron chi connectivity index (χ2n) is 4.46. The third-order valence-electron chi connectivity index (χ3n) is 2.77. The Hall–Kier alpha value is -2.41. The lowest BCUT2D eigenvalue weighted by molar-refractivity contribution is -0.124. The lowest BCUT2D eigenvalue weighted by Gasteiger charge is -2.15. The van der Waals surface area contributed by atoms with Crippen LogP contribution < -0.4 is 5.32 Å². The highest BCUT2D eigenvalue weighted by atomic mass is 35.5. The Balaban J connectivity index is 2.04. The van der Waals surface area contributed by atoms with Gasteiger partial charge in [0.1, 0.15) is 10.9 Å². The molecule has 0 fully saturated rings. The molecule has 7 nitrogen and oxygen atoms in total. The number of hydrogen-bond donors (Lipinski definition) is 1. The number of carbonyl (C=O) groups is 2. The molecule has 0 saturated carbocycles. The summed E-state index contributed by atoms with van der Waals surface area (Å²) in [5, 5.41) is 6.18. The van der Waals surface area contributed by atoms with E-state index in [1.807, 2.05) is 0 Å². The van der Waals surface area contributed by atoms with E-state index in [9.17, 15) is 9.59 Å². The highest BCUT2D eigenvalue weighted by molar-refractivity contribution is 6.32. The van der Waals surface area contributed by atoms with Gasteiger partial charge in [-0.3, -0.25) is 4.79 Å². The summed E-state index contributed by atoms with van der Waals surface area (Å²) in [6.07, 6.45) is 0.781. The second kappa shape index (κ2) is 7.04. The van der Waals surface area contributed by atoms with E-state index in [2.05, 4.69) is 15.5 Å². The number of esters is 1. The van der Waals surface area contributed by atoms with Gasteiger partial charge < -0.3 is 14.6 Å². The van der Waals surface area contributed by atoms with Crippen LogP contribution in [0.5, 0.6) is 0 Å². The Bertz CT molecular complexity index is 686. The minimum atomic E-state index is -0.972. The number of pyridine rings is 1. The average molecular weight is 324 g/mol. The van der Waals surface area contributed by atoms with Crippen LogP contribution in [-0.2, 0) is 9.53 Å². The van der Waals surface area contributed by atoms with E-state index in [0.717, 1.165) is 0 Å². The van der Waals surface area contributed by atoms with E-state index in [-0.39, 0.29) is 16.5 Å². The molecule has 0 aliphatic heterocycles. The number of aryl methyl sites for hydroxylation is 1. The van der Waals surface area contributed by atoms with E-state index in [1.54, 1.807) is 26.0 Å². The number of halogens is 1. The highest BCUT2D eigenvalue weighted by Gasteiger charge is 2.24. The fourth-order valence-electron chi connectivity index (χ4n) is 1.69. The number of hydrogen-bond acceptors (Lipinski definition) is 6. The summed E-state index contributed by atoms with van der Waals surface area (Å²) in [6, 6.07) is 4.59. The van der Waals surface area contributed by atoms with Crippen LogP contribution in [0.2, 0.25) is 5.15 Å². The highest BCUT2D eigenvalue weighted by Crippen LogP contribution is 2.15. The molecule has 0 aliphatic carbocycles. The lowest BCUT2D eigenvalue weighted by Crippen LogP contribution is -2.32. The van der Waals surface area contributed by atoms with Crippen molar-refractivity contribution in [2.24, 2.45) is 0 Å². The first-order chi connectivity index (χ1) is 10.5. The zero-order chi connectivity index (χ0) is 16.1. The van der Waals surface area contributed by atoms with Crippen LogP contribution in [0.1, 0.15) is 29.5 Å². The van der Waals surface area contributed by atoms with Gasteiger partial charge in [0, 0.05) is 12.3 Å². The molecule has 1 N–H and O–H groups in total. The summed E-state index contributed by atoms with van der Waals surface area (Å²) < 4.78 is 10.0. The maximum Gasteiger partial charge on any atom is 0.342 e. The third-order valence-corrected chi connectivity index (χ3v) is 3.07. The molecule has 2 aromatic rings. The maximum absolute atomic E-state index is 12.1. The molecule has 1 amide bonds. The molecule has 0 saturated heterocycles. The minimum Gasteiger partial charge on any atom is -0.449 e. The molecule has 116 valence electrons. The summed E-state index contributed by atoms with van der Waals surface area (Å²) in [5.74, 6) is -0.389. The van der Waals surface area contributed by atoms with E-state index in [4.69, 9.17) is 20.9 Å². The van der Waals surface area contributed by atoms with Gasteiger partial charge in [-0.2, -0.15) is 0 Å². The Morgan fingerprint density at radius 3 is 2.86 bits per heavy atom. The number of nitrogens with zero attached hydrogens (tertiary/aromatic N) is 2. The number of ether oxygens (including phenoxy) is 1. The molecule has 0 aromatic carbocycles. The van der Waals surface area contributed by atoms with Crippen molar-refractivity contribution in [1.29, 1.82) is 0 Å². The normalized spacial score (nSPS) is 11.8. The topological polar surface area (TPSA) is 94.3 Å². The Labute approximate surface area is 131 Å². The first-order valence-electron chi connectivity index (χ1n) is 6.57. The number of anilines is 1. The van der Waals surface area contributed by atoms with Crippen LogP contribution in [0.3, 0.4) is 0 Å². The molecular weight excluding hydrogens is 310 g/mol. The van der Waals surface area contributed by atoms with Gasteiger partial charge in [-0.15, -0.1) is 0 Å². The summed E-state index contributed by atoms with van der Waals surface area (Å²) in [4.78, 5) is 27.9. The zero-order valence-corrected chi connectivity index (χ0v) is 12.8. The molecule has 0 radical (unpaired) electrons. The van der Waals surface area contributed by atoms with Gasteiger partial charge >= 0.3 is 5.97 Å². The molecule has 2 heterocycles. The molecule has 8 heteroatoms. The molecule has 2 aromatic heterocycles. The molecule has 0 aliphatic rings. The molecule has 2 rings (SSSR count). The van der Waals surface area contributed by atoms with Crippen molar-refractivity contribution in [3.8, 4) is 0 Å². The van der Waals surface area contributed by atoms with Crippen molar-refractivity contribution in [1.82, 2.24) is 10.1 Å². The number of carbonyl (C=O) groups excluding carboxylic acids is 2. The van der Waals surface area contributed by atoms with Crippen molar-refractivity contribution in [2.45, 2.75) is 26.4 Å². The van der Waals surface area contributed by atoms with Gasteiger partial charge in [0.05, 0.1) is 5.56 Å². The summed E-state index contributed by atoms with van der Waals surface area (Å²) >= 11 is 5.82. The minimum absolute atomic E-state index is 0.0230. The van der Waals surface area contributed by atoms with Crippen LogP contribution in [0, 0.1) is 6.92 Å². The number of nitrogens with one attached hydrogen (secondary N) is 1. The monoisotopic (exact) mass is 323 g/mol. The summed E-state index contributed by atoms with van der Waals surface area (Å²) in [7, 11) is 0. The van der Waals surface area contributed by atoms with E-state index in [1.165, 1.54) is 12.3 Å². The van der Waals surface area contributed by atoms with Gasteiger partial charge in [0.25, 0.3) is 5.91 Å². The van der Waals surface area contributed by atoms with Gasteiger partial charge in [0.2, 0.25) is 0 Å². The zero-order valence-electron chi connectivity index (χ0n) is 12.0. The molecule has 0 spiro atoms. The van der Waals surface area contributed by atoms with Crippen LogP contribution in [0.4, 0.5) is 5.82 Å². The van der Waals surface area contributed by atoms with Gasteiger partial charge in [-0.05, 0) is 25.5 Å². The first-order valence-corrected chi connectivity index (χ1v) is 6.94. The molecule has 1 atom stereocenters. The van der Waals surface area contributed by atoms with Crippen LogP contribution in [0.25, 0.3) is 0 Å². The van der Waals surface area contributed by atoms with Crippen molar-refractivity contribution >= 4 is 29.3 Å². The van der Waals surface area contributed by atoms with Crippen molar-refractivity contribution < 1.29 is 18.8 Å². The number of rotatable bonds is 5. The molecule has 0 bridgehead atoms. The largest absolute Gasteiger partial charge is 0.449 e. The van der Waals surface area contributed by atoms with E-state index >= 15 is 0 Å². The Morgan fingerprint density at radius 1 is 1.50 bits per heavy atom. The molecule has 1 unspecified atom stereocenters. The summed E-state index contributed by atoms with van der Waals surface area (Å²) in [5.41, 5.74) is 0.104. The standard InChI is InChI=1S/C14H14ClN3O4/c1-3-10(13(19)17-11-7-8(2)22-18-11)21-14(20)9-5-4-6-16-12(9)15/h4-7,10H,3H2,1-2H3,(H,17,18,19).